The number of Topliss-reactive ketones (excluding diaryl/α,β-unsaturated/α-hetero) is 1. The first-order chi connectivity index (χ1) is 20.1. The third-order valence-electron chi connectivity index (χ3n) is 8.22. The predicted molar refractivity (Wildman–Crippen MR) is 163 cm³/mol. The molecule has 2 amide bonds. The van der Waals surface area contributed by atoms with Crippen LogP contribution in [0.3, 0.4) is 0 Å². The Bertz CT molecular complexity index is 1570. The summed E-state index contributed by atoms with van der Waals surface area (Å²) < 4.78 is 5.27. The highest BCUT2D eigenvalue weighted by Crippen LogP contribution is 2.48. The molecule has 0 spiro atoms. The summed E-state index contributed by atoms with van der Waals surface area (Å²) in [5.74, 6) is 0.0579. The number of carbonyl (C=O) groups is 3. The standard InChI is InChI=1S/C32H32Cl2N4O4/c1-32(2)17-24-29(26(39)18-32)30(20-9-10-21(33)22(34)16-20)38(25-7-4-3-6-23(25)35-24)19-28(40)36-11-13-37(14-12-36)31(41)27-8-5-15-42-27/h3-10,15-16,30,35H,11-14,17-19H2,1-2H3. The Morgan fingerprint density at radius 2 is 1.69 bits per heavy atom. The van der Waals surface area contributed by atoms with E-state index in [4.69, 9.17) is 27.6 Å². The topological polar surface area (TPSA) is 86.1 Å². The van der Waals surface area contributed by atoms with Crippen LogP contribution in [0.4, 0.5) is 11.4 Å². The van der Waals surface area contributed by atoms with Gasteiger partial charge in [0.25, 0.3) is 5.91 Å². The smallest absolute Gasteiger partial charge is 0.289 e. The zero-order valence-corrected chi connectivity index (χ0v) is 25.0. The van der Waals surface area contributed by atoms with Gasteiger partial charge in [0.15, 0.2) is 11.5 Å². The van der Waals surface area contributed by atoms with Crippen molar-refractivity contribution < 1.29 is 18.8 Å². The van der Waals surface area contributed by atoms with E-state index in [-0.39, 0.29) is 35.3 Å². The van der Waals surface area contributed by atoms with E-state index in [0.29, 0.717) is 54.6 Å². The molecule has 8 nitrogen and oxygen atoms in total. The fourth-order valence-electron chi connectivity index (χ4n) is 6.22. The van der Waals surface area contributed by atoms with Crippen LogP contribution in [0.5, 0.6) is 0 Å². The molecule has 1 fully saturated rings. The molecule has 0 radical (unpaired) electrons. The van der Waals surface area contributed by atoms with Crippen LogP contribution in [-0.4, -0.2) is 60.1 Å². The van der Waals surface area contributed by atoms with Crippen LogP contribution in [0.1, 0.15) is 48.8 Å². The molecule has 42 heavy (non-hydrogen) atoms. The van der Waals surface area contributed by atoms with Crippen LogP contribution in [0.15, 0.2) is 76.5 Å². The number of nitrogens with one attached hydrogen (secondary N) is 1. The number of nitrogens with zero attached hydrogens (tertiary/aromatic N) is 3. The van der Waals surface area contributed by atoms with Gasteiger partial charge in [0, 0.05) is 43.9 Å². The van der Waals surface area contributed by atoms with E-state index in [1.165, 1.54) is 6.26 Å². The van der Waals surface area contributed by atoms with E-state index in [1.54, 1.807) is 34.1 Å². The molecule has 2 aromatic carbocycles. The number of anilines is 2. The molecule has 0 saturated carbocycles. The van der Waals surface area contributed by atoms with Crippen LogP contribution in [0, 0.1) is 5.41 Å². The first kappa shape index (κ1) is 28.4. The molecule has 1 N–H and O–H groups in total. The van der Waals surface area contributed by atoms with Crippen molar-refractivity contribution in [2.24, 2.45) is 5.41 Å². The number of para-hydroxylation sites is 2. The number of hydrogen-bond acceptors (Lipinski definition) is 6. The second kappa shape index (κ2) is 11.2. The van der Waals surface area contributed by atoms with E-state index >= 15 is 0 Å². The molecular weight excluding hydrogens is 575 g/mol. The molecule has 1 aliphatic carbocycles. The minimum atomic E-state index is -0.555. The SMILES string of the molecule is CC1(C)CC(=O)C2=C(C1)Nc1ccccc1N(CC(=O)N1CCN(C(=O)c3ccco3)CC1)C2c1ccc(Cl)c(Cl)c1. The molecule has 3 aromatic rings. The second-order valence-corrected chi connectivity index (χ2v) is 12.6. The Labute approximate surface area is 254 Å². The first-order valence-electron chi connectivity index (χ1n) is 14.1. The third-order valence-corrected chi connectivity index (χ3v) is 8.96. The number of allylic oxidation sites excluding steroid dienone is 1. The Kier molecular flexibility index (Phi) is 7.53. The minimum Gasteiger partial charge on any atom is -0.459 e. The van der Waals surface area contributed by atoms with Crippen molar-refractivity contribution in [3.05, 3.63) is 93.5 Å². The first-order valence-corrected chi connectivity index (χ1v) is 14.8. The van der Waals surface area contributed by atoms with Crippen molar-refractivity contribution in [1.82, 2.24) is 9.80 Å². The molecule has 6 rings (SSSR count). The number of hydrogen-bond donors (Lipinski definition) is 1. The van der Waals surface area contributed by atoms with E-state index in [2.05, 4.69) is 19.2 Å². The number of halogens is 2. The van der Waals surface area contributed by atoms with Gasteiger partial charge in [-0.25, -0.2) is 0 Å². The summed E-state index contributed by atoms with van der Waals surface area (Å²) in [6.45, 7) is 5.83. The largest absolute Gasteiger partial charge is 0.459 e. The minimum absolute atomic E-state index is 0.0309. The van der Waals surface area contributed by atoms with Crippen molar-refractivity contribution in [3.63, 3.8) is 0 Å². The van der Waals surface area contributed by atoms with Gasteiger partial charge in [0.2, 0.25) is 5.91 Å². The summed E-state index contributed by atoms with van der Waals surface area (Å²) in [7, 11) is 0. The summed E-state index contributed by atoms with van der Waals surface area (Å²) in [4.78, 5) is 46.0. The zero-order valence-electron chi connectivity index (χ0n) is 23.5. The van der Waals surface area contributed by atoms with Crippen molar-refractivity contribution in [2.45, 2.75) is 32.7 Å². The van der Waals surface area contributed by atoms with E-state index in [0.717, 1.165) is 22.6 Å². The lowest BCUT2D eigenvalue weighted by Crippen LogP contribution is -2.53. The van der Waals surface area contributed by atoms with Gasteiger partial charge in [-0.2, -0.15) is 0 Å². The highest BCUT2D eigenvalue weighted by Gasteiger charge is 2.42. The number of ketones is 1. The fraction of sp³-hybridized carbons (Fsp3) is 0.344. The Balaban J connectivity index is 1.35. The average Bonchev–Trinajstić information content (AvgIpc) is 3.46. The van der Waals surface area contributed by atoms with Crippen molar-refractivity contribution >= 4 is 52.2 Å². The van der Waals surface area contributed by atoms with Crippen LogP contribution in [-0.2, 0) is 9.59 Å². The number of benzene rings is 2. The number of furan rings is 1. The van der Waals surface area contributed by atoms with Gasteiger partial charge in [-0.1, -0.05) is 55.2 Å². The lowest BCUT2D eigenvalue weighted by atomic mass is 9.73. The van der Waals surface area contributed by atoms with Crippen molar-refractivity contribution in [3.8, 4) is 0 Å². The highest BCUT2D eigenvalue weighted by atomic mass is 35.5. The highest BCUT2D eigenvalue weighted by molar-refractivity contribution is 6.42. The number of carbonyl (C=O) groups excluding carboxylic acids is 3. The van der Waals surface area contributed by atoms with Gasteiger partial charge >= 0.3 is 0 Å². The lowest BCUT2D eigenvalue weighted by molar-refractivity contribution is -0.131. The molecular formula is C32H32Cl2N4O4. The summed E-state index contributed by atoms with van der Waals surface area (Å²) in [6.07, 6.45) is 2.56. The molecule has 3 heterocycles. The molecule has 1 unspecified atom stereocenters. The van der Waals surface area contributed by atoms with E-state index in [9.17, 15) is 14.4 Å². The Morgan fingerprint density at radius 1 is 0.952 bits per heavy atom. The quantitative estimate of drug-likeness (QED) is 0.381. The predicted octanol–water partition coefficient (Wildman–Crippen LogP) is 6.19. The molecule has 1 aromatic heterocycles. The van der Waals surface area contributed by atoms with Crippen LogP contribution < -0.4 is 10.2 Å². The van der Waals surface area contributed by atoms with Crippen molar-refractivity contribution in [2.75, 3.05) is 42.9 Å². The summed E-state index contributed by atoms with van der Waals surface area (Å²) >= 11 is 12.8. The van der Waals surface area contributed by atoms with Gasteiger partial charge in [0.05, 0.1) is 40.3 Å². The summed E-state index contributed by atoms with van der Waals surface area (Å²) in [5.41, 5.74) is 3.72. The monoisotopic (exact) mass is 606 g/mol. The molecule has 1 saturated heterocycles. The van der Waals surface area contributed by atoms with Gasteiger partial charge < -0.3 is 24.4 Å². The van der Waals surface area contributed by atoms with Gasteiger partial charge in [0.1, 0.15) is 0 Å². The average molecular weight is 608 g/mol. The molecule has 10 heteroatoms. The number of piperazine rings is 1. The summed E-state index contributed by atoms with van der Waals surface area (Å²) in [6, 6.07) is 16.0. The van der Waals surface area contributed by atoms with Crippen LogP contribution >= 0.6 is 23.2 Å². The molecule has 2 aliphatic heterocycles. The maximum Gasteiger partial charge on any atom is 0.289 e. The van der Waals surface area contributed by atoms with Gasteiger partial charge in [-0.05, 0) is 53.8 Å². The number of amides is 2. The lowest BCUT2D eigenvalue weighted by Gasteiger charge is -2.39. The zero-order chi connectivity index (χ0) is 29.6. The van der Waals surface area contributed by atoms with Crippen LogP contribution in [0.25, 0.3) is 0 Å². The maximum atomic E-state index is 13.9. The Hall–Kier alpha value is -3.75. The third kappa shape index (κ3) is 5.41. The molecule has 1 atom stereocenters. The van der Waals surface area contributed by atoms with Gasteiger partial charge in [-0.15, -0.1) is 0 Å². The number of fused-ring (bicyclic) bond motifs is 1. The fourth-order valence-corrected chi connectivity index (χ4v) is 6.52. The molecule has 0 bridgehead atoms. The van der Waals surface area contributed by atoms with E-state index in [1.807, 2.05) is 35.2 Å². The van der Waals surface area contributed by atoms with Crippen molar-refractivity contribution in [1.29, 1.82) is 0 Å². The normalized spacial score (nSPS) is 20.0. The van der Waals surface area contributed by atoms with Crippen LogP contribution in [0.2, 0.25) is 10.0 Å². The maximum absolute atomic E-state index is 13.9. The van der Waals surface area contributed by atoms with E-state index < -0.39 is 6.04 Å². The molecule has 218 valence electrons. The molecule has 3 aliphatic rings. The summed E-state index contributed by atoms with van der Waals surface area (Å²) in [5, 5.41) is 4.37. The number of rotatable bonds is 4. The second-order valence-electron chi connectivity index (χ2n) is 11.8. The van der Waals surface area contributed by atoms with Gasteiger partial charge in [-0.3, -0.25) is 14.4 Å². The Morgan fingerprint density at radius 3 is 2.40 bits per heavy atom.